The number of rotatable bonds is 5. The van der Waals surface area contributed by atoms with Crippen LogP contribution in [0.4, 0.5) is 5.69 Å². The molecule has 1 amide bonds. The summed E-state index contributed by atoms with van der Waals surface area (Å²) >= 11 is 0. The second-order valence-corrected chi connectivity index (χ2v) is 7.10. The van der Waals surface area contributed by atoms with Crippen LogP contribution in [0.1, 0.15) is 18.4 Å². The summed E-state index contributed by atoms with van der Waals surface area (Å²) in [7, 11) is 1.66. The first-order valence-electron chi connectivity index (χ1n) is 9.69. The summed E-state index contributed by atoms with van der Waals surface area (Å²) in [4.78, 5) is 13.0. The van der Waals surface area contributed by atoms with Crippen LogP contribution in [0, 0.1) is 0 Å². The SMILES string of the molecule is COc1ccc2cc(C(C)C(=O)Nc3ccccc3-c3ccccc3)ccc2c1. The van der Waals surface area contributed by atoms with Crippen molar-refractivity contribution in [3.05, 3.63) is 96.6 Å². The lowest BCUT2D eigenvalue weighted by atomic mass is 9.96. The second kappa shape index (κ2) is 8.19. The monoisotopic (exact) mass is 381 g/mol. The summed E-state index contributed by atoms with van der Waals surface area (Å²) in [5.41, 5.74) is 3.90. The zero-order valence-electron chi connectivity index (χ0n) is 16.6. The van der Waals surface area contributed by atoms with E-state index in [0.717, 1.165) is 38.9 Å². The lowest BCUT2D eigenvalue weighted by Gasteiger charge is -2.16. The minimum absolute atomic E-state index is 0.0266. The zero-order valence-corrected chi connectivity index (χ0v) is 16.6. The molecule has 0 fully saturated rings. The van der Waals surface area contributed by atoms with E-state index in [1.807, 2.05) is 91.9 Å². The Morgan fingerprint density at radius 3 is 2.31 bits per heavy atom. The lowest BCUT2D eigenvalue weighted by Crippen LogP contribution is -2.19. The standard InChI is InChI=1S/C26H23NO2/c1-18(20-12-13-22-17-23(29-2)15-14-21(22)16-20)26(28)27-25-11-7-6-10-24(25)19-8-4-3-5-9-19/h3-18H,1-2H3,(H,27,28). The highest BCUT2D eigenvalue weighted by molar-refractivity contribution is 5.99. The van der Waals surface area contributed by atoms with Crippen molar-refractivity contribution < 1.29 is 9.53 Å². The Morgan fingerprint density at radius 2 is 1.52 bits per heavy atom. The number of amides is 1. The Morgan fingerprint density at radius 1 is 0.828 bits per heavy atom. The van der Waals surface area contributed by atoms with Gasteiger partial charge in [0.1, 0.15) is 5.75 Å². The topological polar surface area (TPSA) is 38.3 Å². The molecular weight excluding hydrogens is 358 g/mol. The molecule has 4 rings (SSSR count). The van der Waals surface area contributed by atoms with Gasteiger partial charge in [-0.1, -0.05) is 72.8 Å². The Kier molecular flexibility index (Phi) is 5.30. The van der Waals surface area contributed by atoms with E-state index in [1.165, 1.54) is 0 Å². The van der Waals surface area contributed by atoms with Crippen LogP contribution in [-0.2, 0) is 4.79 Å². The molecule has 0 saturated carbocycles. The van der Waals surface area contributed by atoms with Gasteiger partial charge in [0.15, 0.2) is 0 Å². The number of ether oxygens (including phenoxy) is 1. The van der Waals surface area contributed by atoms with E-state index in [9.17, 15) is 4.79 Å². The molecule has 0 aromatic heterocycles. The summed E-state index contributed by atoms with van der Waals surface area (Å²) in [5.74, 6) is 0.528. The zero-order chi connectivity index (χ0) is 20.2. The highest BCUT2D eigenvalue weighted by Crippen LogP contribution is 2.30. The molecule has 0 aliphatic heterocycles. The van der Waals surface area contributed by atoms with E-state index in [2.05, 4.69) is 11.4 Å². The molecule has 0 aliphatic carbocycles. The molecule has 29 heavy (non-hydrogen) atoms. The summed E-state index contributed by atoms with van der Waals surface area (Å²) in [6, 6.07) is 30.1. The van der Waals surface area contributed by atoms with Crippen molar-refractivity contribution in [2.24, 2.45) is 0 Å². The van der Waals surface area contributed by atoms with Crippen molar-refractivity contribution in [3.63, 3.8) is 0 Å². The van der Waals surface area contributed by atoms with Crippen LogP contribution in [0.15, 0.2) is 91.0 Å². The maximum Gasteiger partial charge on any atom is 0.231 e. The predicted octanol–water partition coefficient (Wildman–Crippen LogP) is 6.26. The number of nitrogens with one attached hydrogen (secondary N) is 1. The van der Waals surface area contributed by atoms with E-state index < -0.39 is 0 Å². The molecule has 0 bridgehead atoms. The first-order valence-corrected chi connectivity index (χ1v) is 9.69. The van der Waals surface area contributed by atoms with Crippen LogP contribution in [-0.4, -0.2) is 13.0 Å². The third-order valence-corrected chi connectivity index (χ3v) is 5.23. The molecular formula is C26H23NO2. The van der Waals surface area contributed by atoms with Gasteiger partial charge in [0.2, 0.25) is 5.91 Å². The van der Waals surface area contributed by atoms with Crippen molar-refractivity contribution in [1.29, 1.82) is 0 Å². The van der Waals surface area contributed by atoms with Crippen molar-refractivity contribution in [3.8, 4) is 16.9 Å². The minimum atomic E-state index is -0.273. The molecule has 3 heteroatoms. The molecule has 4 aromatic carbocycles. The van der Waals surface area contributed by atoms with Crippen LogP contribution >= 0.6 is 0 Å². The number of hydrogen-bond donors (Lipinski definition) is 1. The van der Waals surface area contributed by atoms with Crippen molar-refractivity contribution in [2.75, 3.05) is 12.4 Å². The van der Waals surface area contributed by atoms with Crippen molar-refractivity contribution in [1.82, 2.24) is 0 Å². The van der Waals surface area contributed by atoms with E-state index in [1.54, 1.807) is 7.11 Å². The first kappa shape index (κ1) is 18.8. The van der Waals surface area contributed by atoms with Gasteiger partial charge in [0, 0.05) is 11.3 Å². The van der Waals surface area contributed by atoms with E-state index in [4.69, 9.17) is 4.74 Å². The van der Waals surface area contributed by atoms with Gasteiger partial charge in [-0.2, -0.15) is 0 Å². The maximum absolute atomic E-state index is 13.0. The lowest BCUT2D eigenvalue weighted by molar-refractivity contribution is -0.117. The Balaban J connectivity index is 1.59. The van der Waals surface area contributed by atoms with Gasteiger partial charge in [0.25, 0.3) is 0 Å². The van der Waals surface area contributed by atoms with Gasteiger partial charge in [-0.3, -0.25) is 4.79 Å². The van der Waals surface area contributed by atoms with Crippen LogP contribution < -0.4 is 10.1 Å². The molecule has 0 spiro atoms. The molecule has 0 heterocycles. The third-order valence-electron chi connectivity index (χ3n) is 5.23. The van der Waals surface area contributed by atoms with Crippen LogP contribution in [0.3, 0.4) is 0 Å². The molecule has 0 radical (unpaired) electrons. The summed E-state index contributed by atoms with van der Waals surface area (Å²) < 4.78 is 5.29. The number of methoxy groups -OCH3 is 1. The quantitative estimate of drug-likeness (QED) is 0.443. The first-order chi connectivity index (χ1) is 14.2. The molecule has 4 aromatic rings. The number of fused-ring (bicyclic) bond motifs is 1. The number of para-hydroxylation sites is 1. The Bertz CT molecular complexity index is 1150. The van der Waals surface area contributed by atoms with E-state index in [-0.39, 0.29) is 11.8 Å². The Hall–Kier alpha value is -3.59. The maximum atomic E-state index is 13.0. The number of carbonyl (C=O) groups is 1. The fourth-order valence-electron chi connectivity index (χ4n) is 3.49. The highest BCUT2D eigenvalue weighted by Gasteiger charge is 2.17. The minimum Gasteiger partial charge on any atom is -0.497 e. The molecule has 1 unspecified atom stereocenters. The summed E-state index contributed by atoms with van der Waals surface area (Å²) in [5, 5.41) is 5.30. The van der Waals surface area contributed by atoms with Crippen LogP contribution in [0.25, 0.3) is 21.9 Å². The van der Waals surface area contributed by atoms with Crippen LogP contribution in [0.2, 0.25) is 0 Å². The third kappa shape index (κ3) is 3.99. The largest absolute Gasteiger partial charge is 0.497 e. The summed E-state index contributed by atoms with van der Waals surface area (Å²) in [6.07, 6.45) is 0. The van der Waals surface area contributed by atoms with Gasteiger partial charge in [-0.05, 0) is 47.0 Å². The molecule has 1 atom stereocenters. The normalized spacial score (nSPS) is 11.8. The number of anilines is 1. The molecule has 1 N–H and O–H groups in total. The molecule has 3 nitrogen and oxygen atoms in total. The second-order valence-electron chi connectivity index (χ2n) is 7.10. The summed E-state index contributed by atoms with van der Waals surface area (Å²) in [6.45, 7) is 1.94. The Labute approximate surface area is 171 Å². The molecule has 144 valence electrons. The van der Waals surface area contributed by atoms with Gasteiger partial charge in [-0.25, -0.2) is 0 Å². The van der Waals surface area contributed by atoms with Gasteiger partial charge < -0.3 is 10.1 Å². The van der Waals surface area contributed by atoms with E-state index >= 15 is 0 Å². The fourth-order valence-corrected chi connectivity index (χ4v) is 3.49. The van der Waals surface area contributed by atoms with Gasteiger partial charge in [0.05, 0.1) is 13.0 Å². The number of benzene rings is 4. The van der Waals surface area contributed by atoms with Crippen molar-refractivity contribution >= 4 is 22.4 Å². The van der Waals surface area contributed by atoms with Gasteiger partial charge >= 0.3 is 0 Å². The number of carbonyl (C=O) groups excluding carboxylic acids is 1. The van der Waals surface area contributed by atoms with Crippen LogP contribution in [0.5, 0.6) is 5.75 Å². The van der Waals surface area contributed by atoms with Gasteiger partial charge in [-0.15, -0.1) is 0 Å². The fraction of sp³-hybridized carbons (Fsp3) is 0.115. The molecule has 0 aliphatic rings. The average molecular weight is 381 g/mol. The smallest absolute Gasteiger partial charge is 0.231 e. The average Bonchev–Trinajstić information content (AvgIpc) is 2.78. The van der Waals surface area contributed by atoms with Crippen molar-refractivity contribution in [2.45, 2.75) is 12.8 Å². The van der Waals surface area contributed by atoms with E-state index in [0.29, 0.717) is 0 Å². The molecule has 0 saturated heterocycles. The predicted molar refractivity (Wildman–Crippen MR) is 119 cm³/mol. The number of hydrogen-bond acceptors (Lipinski definition) is 2. The highest BCUT2D eigenvalue weighted by atomic mass is 16.5.